The van der Waals surface area contributed by atoms with Crippen molar-refractivity contribution in [3.05, 3.63) is 22.7 Å². The molecule has 1 aromatic heterocycles. The Morgan fingerprint density at radius 3 is 2.74 bits per heavy atom. The molecule has 0 saturated carbocycles. The minimum absolute atomic E-state index is 0.211. The van der Waals surface area contributed by atoms with E-state index in [9.17, 15) is 4.79 Å². The molecule has 0 bridgehead atoms. The van der Waals surface area contributed by atoms with Crippen LogP contribution < -0.4 is 4.90 Å². The van der Waals surface area contributed by atoms with Crippen LogP contribution in [0.2, 0.25) is 0 Å². The van der Waals surface area contributed by atoms with E-state index in [2.05, 4.69) is 20.9 Å². The number of anilines is 1. The molecule has 1 amide bonds. The molecule has 0 N–H and O–H groups in total. The Morgan fingerprint density at radius 1 is 1.42 bits per heavy atom. The van der Waals surface area contributed by atoms with Crippen molar-refractivity contribution in [1.29, 1.82) is 0 Å². The van der Waals surface area contributed by atoms with E-state index >= 15 is 0 Å². The molecule has 0 aliphatic heterocycles. The fourth-order valence-corrected chi connectivity index (χ4v) is 1.79. The van der Waals surface area contributed by atoms with Crippen LogP contribution in [-0.2, 0) is 4.74 Å². The van der Waals surface area contributed by atoms with Gasteiger partial charge in [0.05, 0.1) is 0 Å². The lowest BCUT2D eigenvalue weighted by molar-refractivity contribution is 0.0583. The number of ether oxygens (including phenoxy) is 1. The molecular formula is C13H15BrN2O3. The number of hydrogen-bond donors (Lipinski definition) is 0. The second kappa shape index (κ2) is 4.85. The van der Waals surface area contributed by atoms with Crippen LogP contribution in [0.3, 0.4) is 0 Å². The van der Waals surface area contributed by atoms with Gasteiger partial charge in [-0.1, -0.05) is 15.9 Å². The highest BCUT2D eigenvalue weighted by Crippen LogP contribution is 2.25. The molecule has 1 heterocycles. The normalized spacial score (nSPS) is 11.6. The summed E-state index contributed by atoms with van der Waals surface area (Å²) in [6, 6.07) is 5.68. The van der Waals surface area contributed by atoms with E-state index in [0.29, 0.717) is 11.1 Å². The SMILES string of the molecule is CN(C(=O)OC(C)(C)C)c1nc2cc(Br)ccc2o1. The summed E-state index contributed by atoms with van der Waals surface area (Å²) in [6.45, 7) is 5.42. The molecular weight excluding hydrogens is 312 g/mol. The summed E-state index contributed by atoms with van der Waals surface area (Å²) in [7, 11) is 1.56. The highest BCUT2D eigenvalue weighted by molar-refractivity contribution is 9.10. The van der Waals surface area contributed by atoms with Crippen molar-refractivity contribution in [2.75, 3.05) is 11.9 Å². The highest BCUT2D eigenvalue weighted by Gasteiger charge is 2.23. The lowest BCUT2D eigenvalue weighted by atomic mass is 10.2. The third kappa shape index (κ3) is 3.26. The van der Waals surface area contributed by atoms with Crippen LogP contribution in [0, 0.1) is 0 Å². The number of carbonyl (C=O) groups excluding carboxylic acids is 1. The van der Waals surface area contributed by atoms with Crippen LogP contribution in [0.25, 0.3) is 11.1 Å². The van der Waals surface area contributed by atoms with Gasteiger partial charge in [-0.3, -0.25) is 0 Å². The van der Waals surface area contributed by atoms with Gasteiger partial charge < -0.3 is 9.15 Å². The fraction of sp³-hybridized carbons (Fsp3) is 0.385. The first-order chi connectivity index (χ1) is 8.76. The van der Waals surface area contributed by atoms with Crippen LogP contribution in [0.5, 0.6) is 0 Å². The average molecular weight is 327 g/mol. The van der Waals surface area contributed by atoms with E-state index in [1.54, 1.807) is 13.1 Å². The average Bonchev–Trinajstić information content (AvgIpc) is 2.68. The van der Waals surface area contributed by atoms with Gasteiger partial charge >= 0.3 is 12.1 Å². The zero-order valence-corrected chi connectivity index (χ0v) is 12.8. The van der Waals surface area contributed by atoms with E-state index in [1.807, 2.05) is 32.9 Å². The Balaban J connectivity index is 2.26. The summed E-state index contributed by atoms with van der Waals surface area (Å²) >= 11 is 3.36. The second-order valence-corrected chi connectivity index (χ2v) is 6.06. The molecule has 1 aromatic carbocycles. The standard InChI is InChI=1S/C13H15BrN2O3/c1-13(2,3)19-12(17)16(4)11-15-9-7-8(14)5-6-10(9)18-11/h5-7H,1-4H3. The summed E-state index contributed by atoms with van der Waals surface area (Å²) in [5, 5.41) is 0. The van der Waals surface area contributed by atoms with Gasteiger partial charge in [0.2, 0.25) is 0 Å². The maximum Gasteiger partial charge on any atom is 0.418 e. The number of amides is 1. The van der Waals surface area contributed by atoms with Crippen molar-refractivity contribution in [2.45, 2.75) is 26.4 Å². The van der Waals surface area contributed by atoms with Crippen molar-refractivity contribution < 1.29 is 13.9 Å². The third-order valence-electron chi connectivity index (χ3n) is 2.29. The van der Waals surface area contributed by atoms with Gasteiger partial charge in [0.1, 0.15) is 11.1 Å². The molecule has 0 radical (unpaired) electrons. The molecule has 0 aliphatic rings. The highest BCUT2D eigenvalue weighted by atomic mass is 79.9. The zero-order chi connectivity index (χ0) is 14.2. The van der Waals surface area contributed by atoms with Gasteiger partial charge in [-0.15, -0.1) is 0 Å². The van der Waals surface area contributed by atoms with Gasteiger partial charge in [0.15, 0.2) is 5.58 Å². The number of aromatic nitrogens is 1. The van der Waals surface area contributed by atoms with Crippen LogP contribution in [0.4, 0.5) is 10.8 Å². The van der Waals surface area contributed by atoms with Gasteiger partial charge in [-0.05, 0) is 39.0 Å². The Labute approximate surface area is 119 Å². The number of hydrogen-bond acceptors (Lipinski definition) is 4. The van der Waals surface area contributed by atoms with Crippen LogP contribution in [-0.4, -0.2) is 23.7 Å². The largest absolute Gasteiger partial charge is 0.443 e. The maximum atomic E-state index is 11.9. The summed E-state index contributed by atoms with van der Waals surface area (Å²) in [6.07, 6.45) is -0.502. The summed E-state index contributed by atoms with van der Waals surface area (Å²) < 4.78 is 11.7. The van der Waals surface area contributed by atoms with E-state index in [1.165, 1.54) is 4.90 Å². The van der Waals surface area contributed by atoms with Crippen molar-refractivity contribution in [2.24, 2.45) is 0 Å². The number of nitrogens with zero attached hydrogens (tertiary/aromatic N) is 2. The number of carbonyl (C=O) groups is 1. The van der Waals surface area contributed by atoms with Gasteiger partial charge in [0.25, 0.3) is 0 Å². The molecule has 0 atom stereocenters. The maximum absolute atomic E-state index is 11.9. The molecule has 19 heavy (non-hydrogen) atoms. The molecule has 0 fully saturated rings. The lowest BCUT2D eigenvalue weighted by Crippen LogP contribution is -2.34. The van der Waals surface area contributed by atoms with Crippen LogP contribution >= 0.6 is 15.9 Å². The van der Waals surface area contributed by atoms with Gasteiger partial charge in [-0.25, -0.2) is 9.69 Å². The van der Waals surface area contributed by atoms with E-state index in [-0.39, 0.29) is 6.01 Å². The van der Waals surface area contributed by atoms with Crippen LogP contribution in [0.15, 0.2) is 27.1 Å². The van der Waals surface area contributed by atoms with Crippen molar-refractivity contribution in [1.82, 2.24) is 4.98 Å². The Bertz CT molecular complexity index is 616. The molecule has 2 aromatic rings. The number of fused-ring (bicyclic) bond motifs is 1. The van der Waals surface area contributed by atoms with E-state index in [4.69, 9.17) is 9.15 Å². The molecule has 0 spiro atoms. The number of rotatable bonds is 1. The minimum atomic E-state index is -0.555. The first-order valence-corrected chi connectivity index (χ1v) is 6.58. The van der Waals surface area contributed by atoms with Crippen molar-refractivity contribution in [3.63, 3.8) is 0 Å². The smallest absolute Gasteiger partial charge is 0.418 e. The second-order valence-electron chi connectivity index (χ2n) is 5.15. The monoisotopic (exact) mass is 326 g/mol. The van der Waals surface area contributed by atoms with Crippen LogP contribution in [0.1, 0.15) is 20.8 Å². The Kier molecular flexibility index (Phi) is 3.54. The molecule has 102 valence electrons. The Hall–Kier alpha value is -1.56. The summed E-state index contributed by atoms with van der Waals surface area (Å²) in [4.78, 5) is 17.4. The van der Waals surface area contributed by atoms with E-state index < -0.39 is 11.7 Å². The van der Waals surface area contributed by atoms with Crippen molar-refractivity contribution >= 4 is 39.1 Å². The third-order valence-corrected chi connectivity index (χ3v) is 2.79. The Morgan fingerprint density at radius 2 is 2.11 bits per heavy atom. The molecule has 2 rings (SSSR count). The van der Waals surface area contributed by atoms with Gasteiger partial charge in [-0.2, -0.15) is 4.98 Å². The predicted octanol–water partition coefficient (Wildman–Crippen LogP) is 3.96. The number of benzene rings is 1. The topological polar surface area (TPSA) is 55.6 Å². The predicted molar refractivity (Wildman–Crippen MR) is 76.3 cm³/mol. The first-order valence-electron chi connectivity index (χ1n) is 5.79. The van der Waals surface area contributed by atoms with Gasteiger partial charge in [0, 0.05) is 11.5 Å². The fourth-order valence-electron chi connectivity index (χ4n) is 1.44. The summed E-state index contributed by atoms with van der Waals surface area (Å²) in [5.74, 6) is 0. The molecule has 0 saturated heterocycles. The molecule has 0 aliphatic carbocycles. The van der Waals surface area contributed by atoms with E-state index in [0.717, 1.165) is 4.47 Å². The molecule has 0 unspecified atom stereocenters. The minimum Gasteiger partial charge on any atom is -0.443 e. The first kappa shape index (κ1) is 13.9. The number of oxazole rings is 1. The zero-order valence-electron chi connectivity index (χ0n) is 11.2. The quantitative estimate of drug-likeness (QED) is 0.795. The number of halogens is 1. The summed E-state index contributed by atoms with van der Waals surface area (Å²) in [5.41, 5.74) is 0.744. The molecule has 5 nitrogen and oxygen atoms in total. The van der Waals surface area contributed by atoms with Crippen molar-refractivity contribution in [3.8, 4) is 0 Å². The molecule has 6 heteroatoms. The lowest BCUT2D eigenvalue weighted by Gasteiger charge is -2.22.